The van der Waals surface area contributed by atoms with E-state index >= 15 is 0 Å². The van der Waals surface area contributed by atoms with Crippen LogP contribution in [0, 0.1) is 0 Å². The molecule has 1 aliphatic carbocycles. The zero-order valence-corrected chi connectivity index (χ0v) is 19.7. The van der Waals surface area contributed by atoms with Crippen LogP contribution in [0.25, 0.3) is 0 Å². The van der Waals surface area contributed by atoms with Crippen molar-refractivity contribution in [1.29, 1.82) is 0 Å². The summed E-state index contributed by atoms with van der Waals surface area (Å²) in [5, 5.41) is 3.97. The quantitative estimate of drug-likeness (QED) is 0.258. The van der Waals surface area contributed by atoms with E-state index in [1.807, 2.05) is 30.3 Å². The number of hydrogen-bond donors (Lipinski definition) is 1. The number of anilines is 1. The molecule has 8 heteroatoms. The van der Waals surface area contributed by atoms with Crippen LogP contribution in [0.5, 0.6) is 0 Å². The Hall–Kier alpha value is -2.51. The SMILES string of the molecule is CN(c1cc(Cl)nc(SCc2cccc(C(=O)NCc3ccco3)c2)n1)C1CCCCC1. The van der Waals surface area contributed by atoms with Gasteiger partial charge in [-0.25, -0.2) is 9.97 Å². The van der Waals surface area contributed by atoms with Crippen molar-refractivity contribution in [3.8, 4) is 0 Å². The Balaban J connectivity index is 1.38. The van der Waals surface area contributed by atoms with Gasteiger partial charge in [0.25, 0.3) is 5.91 Å². The molecule has 2 heterocycles. The maximum atomic E-state index is 12.5. The van der Waals surface area contributed by atoms with Crippen molar-refractivity contribution in [2.45, 2.75) is 55.6 Å². The van der Waals surface area contributed by atoms with Crippen LogP contribution >= 0.6 is 23.4 Å². The number of rotatable bonds is 8. The summed E-state index contributed by atoms with van der Waals surface area (Å²) in [6.07, 6.45) is 7.82. The smallest absolute Gasteiger partial charge is 0.251 e. The lowest BCUT2D eigenvalue weighted by Crippen LogP contribution is -2.34. The summed E-state index contributed by atoms with van der Waals surface area (Å²) >= 11 is 7.82. The van der Waals surface area contributed by atoms with Gasteiger partial charge in [-0.2, -0.15) is 0 Å². The van der Waals surface area contributed by atoms with Gasteiger partial charge in [0.15, 0.2) is 5.16 Å². The van der Waals surface area contributed by atoms with Crippen LogP contribution in [0.1, 0.15) is 53.8 Å². The number of carbonyl (C=O) groups is 1. The van der Waals surface area contributed by atoms with Gasteiger partial charge >= 0.3 is 0 Å². The van der Waals surface area contributed by atoms with E-state index in [1.54, 1.807) is 18.4 Å². The minimum atomic E-state index is -0.136. The van der Waals surface area contributed by atoms with E-state index in [2.05, 4.69) is 22.2 Å². The largest absolute Gasteiger partial charge is 0.467 e. The first kappa shape index (κ1) is 22.7. The molecular weight excluding hydrogens is 444 g/mol. The van der Waals surface area contributed by atoms with Crippen LogP contribution in [-0.4, -0.2) is 29.0 Å². The Bertz CT molecular complexity index is 1040. The van der Waals surface area contributed by atoms with E-state index in [0.717, 1.165) is 17.1 Å². The van der Waals surface area contributed by atoms with Crippen molar-refractivity contribution in [2.24, 2.45) is 0 Å². The van der Waals surface area contributed by atoms with Crippen molar-refractivity contribution >= 4 is 35.1 Å². The average molecular weight is 471 g/mol. The van der Waals surface area contributed by atoms with Crippen LogP contribution in [0.2, 0.25) is 5.15 Å². The molecule has 0 spiro atoms. The first-order valence-electron chi connectivity index (χ1n) is 10.9. The first-order valence-corrected chi connectivity index (χ1v) is 12.2. The standard InChI is InChI=1S/C24H27ClN4O2S/c1-29(19-9-3-2-4-10-19)22-14-21(25)27-24(28-22)32-16-17-7-5-8-18(13-17)23(30)26-15-20-11-6-12-31-20/h5-8,11-14,19H,2-4,9-10,15-16H2,1H3,(H,26,30). The number of aromatic nitrogens is 2. The molecule has 1 aromatic carbocycles. The van der Waals surface area contributed by atoms with E-state index in [-0.39, 0.29) is 5.91 Å². The van der Waals surface area contributed by atoms with Crippen LogP contribution in [0.15, 0.2) is 58.3 Å². The van der Waals surface area contributed by atoms with Crippen molar-refractivity contribution in [3.05, 3.63) is 70.8 Å². The summed E-state index contributed by atoms with van der Waals surface area (Å²) in [4.78, 5) is 23.8. The van der Waals surface area contributed by atoms with Crippen LogP contribution in [-0.2, 0) is 12.3 Å². The number of nitrogens with one attached hydrogen (secondary N) is 1. The second kappa shape index (κ2) is 10.9. The zero-order valence-electron chi connectivity index (χ0n) is 18.1. The van der Waals surface area contributed by atoms with Gasteiger partial charge in [0.1, 0.15) is 16.7 Å². The number of halogens is 1. The Morgan fingerprint density at radius 1 is 1.19 bits per heavy atom. The molecule has 1 fully saturated rings. The molecule has 1 N–H and O–H groups in total. The monoisotopic (exact) mass is 470 g/mol. The molecule has 1 saturated carbocycles. The molecule has 0 unspecified atom stereocenters. The topological polar surface area (TPSA) is 71.3 Å². The van der Waals surface area contributed by atoms with Gasteiger partial charge in [-0.15, -0.1) is 0 Å². The summed E-state index contributed by atoms with van der Waals surface area (Å²) in [5.41, 5.74) is 1.63. The Morgan fingerprint density at radius 2 is 2.03 bits per heavy atom. The summed E-state index contributed by atoms with van der Waals surface area (Å²) in [6.45, 7) is 0.360. The van der Waals surface area contributed by atoms with Crippen LogP contribution < -0.4 is 10.2 Å². The molecule has 0 atom stereocenters. The normalized spacial score (nSPS) is 14.3. The fraction of sp³-hybridized carbons (Fsp3) is 0.375. The van der Waals surface area contributed by atoms with Gasteiger partial charge in [0.2, 0.25) is 0 Å². The second-order valence-corrected chi connectivity index (χ2v) is 9.32. The van der Waals surface area contributed by atoms with E-state index < -0.39 is 0 Å². The number of nitrogens with zero attached hydrogens (tertiary/aromatic N) is 3. The molecule has 0 bridgehead atoms. The van der Waals surface area contributed by atoms with Gasteiger partial charge in [-0.05, 0) is 42.7 Å². The second-order valence-electron chi connectivity index (χ2n) is 7.99. The number of thioether (sulfide) groups is 1. The lowest BCUT2D eigenvalue weighted by atomic mass is 9.94. The lowest BCUT2D eigenvalue weighted by Gasteiger charge is -2.32. The van der Waals surface area contributed by atoms with Crippen molar-refractivity contribution in [3.63, 3.8) is 0 Å². The van der Waals surface area contributed by atoms with Gasteiger partial charge in [0, 0.05) is 30.5 Å². The number of amides is 1. The highest BCUT2D eigenvalue weighted by Gasteiger charge is 2.20. The molecular formula is C24H27ClN4O2S. The summed E-state index contributed by atoms with van der Waals surface area (Å²) in [7, 11) is 2.09. The number of carbonyl (C=O) groups excluding carboxylic acids is 1. The molecule has 0 radical (unpaired) electrons. The van der Waals surface area contributed by atoms with Crippen molar-refractivity contribution < 1.29 is 9.21 Å². The third-order valence-electron chi connectivity index (χ3n) is 5.71. The molecule has 0 saturated heterocycles. The molecule has 168 valence electrons. The predicted molar refractivity (Wildman–Crippen MR) is 128 cm³/mol. The maximum absolute atomic E-state index is 12.5. The van der Waals surface area contributed by atoms with Gasteiger partial charge in [-0.1, -0.05) is 54.8 Å². The number of hydrogen-bond acceptors (Lipinski definition) is 6. The molecule has 2 aromatic heterocycles. The molecule has 32 heavy (non-hydrogen) atoms. The van der Waals surface area contributed by atoms with E-state index in [4.69, 9.17) is 21.0 Å². The highest BCUT2D eigenvalue weighted by Crippen LogP contribution is 2.29. The molecule has 3 aromatic rings. The fourth-order valence-electron chi connectivity index (χ4n) is 3.92. The van der Waals surface area contributed by atoms with E-state index in [9.17, 15) is 4.79 Å². The van der Waals surface area contributed by atoms with Gasteiger partial charge < -0.3 is 14.6 Å². The van der Waals surface area contributed by atoms with E-state index in [0.29, 0.717) is 34.2 Å². The van der Waals surface area contributed by atoms with Crippen molar-refractivity contribution in [2.75, 3.05) is 11.9 Å². The van der Waals surface area contributed by atoms with Crippen molar-refractivity contribution in [1.82, 2.24) is 15.3 Å². The molecule has 4 rings (SSSR count). The number of furan rings is 1. The third kappa shape index (κ3) is 6.04. The Kier molecular flexibility index (Phi) is 7.71. The molecule has 6 nitrogen and oxygen atoms in total. The Labute approximate surface area is 197 Å². The summed E-state index contributed by atoms with van der Waals surface area (Å²) in [6, 6.07) is 13.6. The summed E-state index contributed by atoms with van der Waals surface area (Å²) < 4.78 is 5.26. The molecule has 0 aliphatic heterocycles. The van der Waals surface area contributed by atoms with Gasteiger partial charge in [0.05, 0.1) is 12.8 Å². The minimum absolute atomic E-state index is 0.136. The van der Waals surface area contributed by atoms with Crippen LogP contribution in [0.3, 0.4) is 0 Å². The molecule has 1 amide bonds. The number of benzene rings is 1. The minimum Gasteiger partial charge on any atom is -0.467 e. The van der Waals surface area contributed by atoms with E-state index in [1.165, 1.54) is 43.9 Å². The highest BCUT2D eigenvalue weighted by atomic mass is 35.5. The lowest BCUT2D eigenvalue weighted by molar-refractivity contribution is 0.0948. The zero-order chi connectivity index (χ0) is 22.3. The molecule has 1 aliphatic rings. The average Bonchev–Trinajstić information content (AvgIpc) is 3.35. The van der Waals surface area contributed by atoms with Gasteiger partial charge in [-0.3, -0.25) is 4.79 Å². The Morgan fingerprint density at radius 3 is 2.81 bits per heavy atom. The highest BCUT2D eigenvalue weighted by molar-refractivity contribution is 7.98. The first-order chi connectivity index (χ1) is 15.6. The predicted octanol–water partition coefficient (Wildman–Crippen LogP) is 5.71. The summed E-state index contributed by atoms with van der Waals surface area (Å²) in [5.74, 6) is 2.10. The maximum Gasteiger partial charge on any atom is 0.251 e. The third-order valence-corrected chi connectivity index (χ3v) is 6.82. The van der Waals surface area contributed by atoms with Crippen LogP contribution in [0.4, 0.5) is 5.82 Å². The fourth-order valence-corrected chi connectivity index (χ4v) is 4.94.